The zero-order chi connectivity index (χ0) is 44.2. The van der Waals surface area contributed by atoms with Gasteiger partial charge >= 0.3 is 0 Å². The Labute approximate surface area is 391 Å². The molecule has 5 aliphatic rings. The number of thiophene rings is 1. The topological polar surface area (TPSA) is 3.24 Å². The lowest BCUT2D eigenvalue weighted by molar-refractivity contribution is 0.656. The van der Waals surface area contributed by atoms with Gasteiger partial charge in [0.25, 0.3) is 0 Å². The van der Waals surface area contributed by atoms with Gasteiger partial charge < -0.3 is 4.90 Å². The summed E-state index contributed by atoms with van der Waals surface area (Å²) < 4.78 is 2.67. The van der Waals surface area contributed by atoms with E-state index in [2.05, 4.69) is 216 Å². The molecule has 66 heavy (non-hydrogen) atoms. The van der Waals surface area contributed by atoms with Crippen LogP contribution in [0.1, 0.15) is 74.9 Å². The predicted molar refractivity (Wildman–Crippen MR) is 282 cm³/mol. The average Bonchev–Trinajstić information content (AvgIpc) is 4.07. The second kappa shape index (κ2) is 12.3. The molecule has 0 spiro atoms. The number of anilines is 3. The van der Waals surface area contributed by atoms with Crippen molar-refractivity contribution in [2.24, 2.45) is 0 Å². The lowest BCUT2D eigenvalue weighted by Gasteiger charge is -2.42. The first-order chi connectivity index (χ1) is 32.0. The number of fused-ring (bicyclic) bond motifs is 19. The van der Waals surface area contributed by atoms with E-state index in [4.69, 9.17) is 0 Å². The Hall–Kier alpha value is -6.94. The van der Waals surface area contributed by atoms with Crippen molar-refractivity contribution in [3.63, 3.8) is 0 Å². The van der Waals surface area contributed by atoms with Crippen LogP contribution in [0.3, 0.4) is 0 Å². The normalized spacial score (nSPS) is 16.3. The summed E-state index contributed by atoms with van der Waals surface area (Å²) in [5, 5.41) is 2.68. The molecule has 1 aromatic heterocycles. The summed E-state index contributed by atoms with van der Waals surface area (Å²) in [5.74, 6) is 0. The summed E-state index contributed by atoms with van der Waals surface area (Å²) in [7, 11) is 0. The lowest BCUT2D eigenvalue weighted by Crippen LogP contribution is -2.55. The minimum absolute atomic E-state index is 0.0691. The summed E-state index contributed by atoms with van der Waals surface area (Å²) in [6.45, 7) is 14.8. The monoisotopic (exact) mass is 859 g/mol. The van der Waals surface area contributed by atoms with E-state index < -0.39 is 0 Å². The summed E-state index contributed by atoms with van der Waals surface area (Å²) in [5.41, 5.74) is 29.6. The van der Waals surface area contributed by atoms with Gasteiger partial charge in [0.1, 0.15) is 0 Å². The fourth-order valence-corrected chi connectivity index (χ4v) is 15.2. The van der Waals surface area contributed by atoms with E-state index in [1.54, 1.807) is 0 Å². The minimum atomic E-state index is -0.242. The highest BCUT2D eigenvalue weighted by Crippen LogP contribution is 2.60. The highest BCUT2D eigenvalue weighted by Gasteiger charge is 2.51. The quantitative estimate of drug-likeness (QED) is 0.157. The minimum Gasteiger partial charge on any atom is -0.311 e. The van der Waals surface area contributed by atoms with Gasteiger partial charge in [-0.2, -0.15) is 0 Å². The van der Waals surface area contributed by atoms with E-state index in [9.17, 15) is 0 Å². The Morgan fingerprint density at radius 1 is 0.409 bits per heavy atom. The van der Waals surface area contributed by atoms with Crippen LogP contribution in [-0.4, -0.2) is 6.71 Å². The molecule has 0 N–H and O–H groups in total. The summed E-state index contributed by atoms with van der Waals surface area (Å²) in [4.78, 5) is 2.78. The van der Waals surface area contributed by atoms with Gasteiger partial charge in [-0.3, -0.25) is 0 Å². The molecule has 1 nitrogen and oxygen atoms in total. The highest BCUT2D eigenvalue weighted by atomic mass is 32.1. The average molecular weight is 860 g/mol. The maximum absolute atomic E-state index is 2.78. The van der Waals surface area contributed by atoms with E-state index in [0.29, 0.717) is 0 Å². The molecule has 0 fully saturated rings. The molecule has 0 unspecified atom stereocenters. The van der Waals surface area contributed by atoms with Gasteiger partial charge in [-0.25, -0.2) is 0 Å². The number of rotatable bonds is 2. The van der Waals surface area contributed by atoms with Gasteiger partial charge in [-0.1, -0.05) is 187 Å². The molecular weight excluding hydrogens is 814 g/mol. The molecule has 15 rings (SSSR count). The van der Waals surface area contributed by atoms with E-state index in [1.165, 1.54) is 143 Å². The summed E-state index contributed by atoms with van der Waals surface area (Å²) in [6, 6.07) is 65.8. The molecule has 3 heterocycles. The molecule has 0 saturated heterocycles. The summed E-state index contributed by atoms with van der Waals surface area (Å²) in [6.07, 6.45) is 0. The fourth-order valence-electron chi connectivity index (χ4n) is 14.1. The van der Waals surface area contributed by atoms with Crippen molar-refractivity contribution >= 4 is 71.7 Å². The van der Waals surface area contributed by atoms with Crippen molar-refractivity contribution in [1.82, 2.24) is 0 Å². The molecule has 0 radical (unpaired) electrons. The fraction of sp³-hybridized carbons (Fsp3) is 0.143. The third-order valence-electron chi connectivity index (χ3n) is 16.8. The SMILES string of the molecule is CC1(C)c2ccccc2-c2cccc(N3c4cc(-c5cccc6sc7ccccc7c56)cc5c4B(c4ccc6c(c4-5)C(C)(C)c4ccccc4-6)c4ccc5c(c43)C(C)(C)c3ccccc3-5)c21. The van der Waals surface area contributed by atoms with Crippen LogP contribution in [0.15, 0.2) is 170 Å². The lowest BCUT2D eigenvalue weighted by atomic mass is 9.36. The third kappa shape index (κ3) is 4.35. The highest BCUT2D eigenvalue weighted by molar-refractivity contribution is 7.26. The molecule has 0 saturated carbocycles. The molecule has 0 amide bonds. The Balaban J connectivity index is 1.13. The zero-order valence-corrected chi connectivity index (χ0v) is 38.9. The van der Waals surface area contributed by atoms with Crippen LogP contribution in [0.2, 0.25) is 0 Å². The predicted octanol–water partition coefficient (Wildman–Crippen LogP) is 14.9. The van der Waals surface area contributed by atoms with Gasteiger partial charge in [-0.05, 0) is 130 Å². The maximum atomic E-state index is 2.78. The number of benzene rings is 9. The van der Waals surface area contributed by atoms with Crippen molar-refractivity contribution in [2.45, 2.75) is 57.8 Å². The van der Waals surface area contributed by atoms with Crippen molar-refractivity contribution in [1.29, 1.82) is 0 Å². The first-order valence-electron chi connectivity index (χ1n) is 23.7. The van der Waals surface area contributed by atoms with E-state index in [0.717, 1.165) is 0 Å². The van der Waals surface area contributed by atoms with Crippen molar-refractivity contribution in [3.05, 3.63) is 203 Å². The largest absolute Gasteiger partial charge is 0.311 e. The molecule has 9 aromatic carbocycles. The van der Waals surface area contributed by atoms with Crippen LogP contribution >= 0.6 is 11.3 Å². The van der Waals surface area contributed by atoms with Crippen molar-refractivity contribution in [3.8, 4) is 55.6 Å². The first kappa shape index (κ1) is 37.3. The van der Waals surface area contributed by atoms with Crippen LogP contribution < -0.4 is 21.3 Å². The Kier molecular flexibility index (Phi) is 6.94. The van der Waals surface area contributed by atoms with Crippen molar-refractivity contribution < 1.29 is 0 Å². The Morgan fingerprint density at radius 3 is 1.65 bits per heavy atom. The Morgan fingerprint density at radius 2 is 0.939 bits per heavy atom. The third-order valence-corrected chi connectivity index (χ3v) is 17.9. The standard InChI is InChI=1S/C63H46BNS/c1-61(2)45-23-11-7-17-37(45)40-22-15-26-50(56(40)61)65-51-34-35(36-21-16-28-53-54(36)43-20-10-14-27-52(43)66-53)33-44-55-48(31-29-41-38-18-8-12-24-46(38)62(3,4)57(41)55)64(59(44)51)49-32-30-42-39-19-9-13-25-47(39)63(5,6)58(42)60(49)65/h7-34H,1-6H3. The van der Waals surface area contributed by atoms with Gasteiger partial charge in [0.2, 0.25) is 6.71 Å². The maximum Gasteiger partial charge on any atom is 0.248 e. The first-order valence-corrected chi connectivity index (χ1v) is 24.5. The Bertz CT molecular complexity index is 3880. The van der Waals surface area contributed by atoms with Crippen molar-refractivity contribution in [2.75, 3.05) is 4.90 Å². The molecule has 3 heteroatoms. The van der Waals surface area contributed by atoms with Gasteiger partial charge in [0, 0.05) is 47.8 Å². The second-order valence-electron chi connectivity index (χ2n) is 21.1. The van der Waals surface area contributed by atoms with Gasteiger partial charge in [0.15, 0.2) is 0 Å². The number of nitrogens with zero attached hydrogens (tertiary/aromatic N) is 1. The molecular formula is C63H46BNS. The van der Waals surface area contributed by atoms with Gasteiger partial charge in [-0.15, -0.1) is 11.3 Å². The zero-order valence-electron chi connectivity index (χ0n) is 38.1. The second-order valence-corrected chi connectivity index (χ2v) is 22.2. The van der Waals surface area contributed by atoms with Crippen LogP contribution in [0, 0.1) is 0 Å². The molecule has 312 valence electrons. The smallest absolute Gasteiger partial charge is 0.248 e. The number of hydrogen-bond acceptors (Lipinski definition) is 2. The van der Waals surface area contributed by atoms with Crippen LogP contribution in [0.25, 0.3) is 75.8 Å². The van der Waals surface area contributed by atoms with E-state index >= 15 is 0 Å². The van der Waals surface area contributed by atoms with E-state index in [-0.39, 0.29) is 23.0 Å². The molecule has 10 aromatic rings. The summed E-state index contributed by atoms with van der Waals surface area (Å²) >= 11 is 1.91. The van der Waals surface area contributed by atoms with Gasteiger partial charge in [0.05, 0.1) is 5.69 Å². The van der Waals surface area contributed by atoms with Crippen LogP contribution in [0.4, 0.5) is 17.1 Å². The van der Waals surface area contributed by atoms with Crippen LogP contribution in [0.5, 0.6) is 0 Å². The number of hydrogen-bond donors (Lipinski definition) is 0. The molecule has 3 aliphatic carbocycles. The van der Waals surface area contributed by atoms with E-state index in [1.807, 2.05) is 11.3 Å². The molecule has 0 bridgehead atoms. The molecule has 2 aliphatic heterocycles. The van der Waals surface area contributed by atoms with Crippen LogP contribution in [-0.2, 0) is 16.2 Å². The molecule has 0 atom stereocenters.